The summed E-state index contributed by atoms with van der Waals surface area (Å²) in [6.45, 7) is 0. The number of halogens is 4. The molecule has 0 aliphatic heterocycles. The lowest BCUT2D eigenvalue weighted by Gasteiger charge is -2.06. The van der Waals surface area contributed by atoms with Crippen LogP contribution in [0.4, 0.5) is 5.69 Å². The first-order valence-electron chi connectivity index (χ1n) is 5.52. The number of nitrogens with zero attached hydrogens (tertiary/aromatic N) is 2. The van der Waals surface area contributed by atoms with Gasteiger partial charge in [-0.25, -0.2) is 8.42 Å². The van der Waals surface area contributed by atoms with Crippen molar-refractivity contribution >= 4 is 76.7 Å². The Hall–Kier alpha value is -0.610. The largest absolute Gasteiger partial charge is 0.319 e. The second-order valence-electron chi connectivity index (χ2n) is 4.14. The van der Waals surface area contributed by atoms with Gasteiger partial charge in [-0.2, -0.15) is 5.10 Å². The van der Waals surface area contributed by atoms with Gasteiger partial charge in [-0.05, 0) is 50.1 Å². The minimum absolute atomic E-state index is 0.108. The molecule has 0 unspecified atom stereocenters. The Kier molecular flexibility index (Phi) is 5.23. The van der Waals surface area contributed by atoms with Crippen LogP contribution in [0.5, 0.6) is 0 Å². The molecule has 2 aromatic rings. The van der Waals surface area contributed by atoms with E-state index in [4.69, 9.17) is 23.2 Å². The van der Waals surface area contributed by atoms with Gasteiger partial charge < -0.3 is 5.32 Å². The summed E-state index contributed by atoms with van der Waals surface area (Å²) in [5, 5.41) is 6.99. The van der Waals surface area contributed by atoms with Crippen LogP contribution in [0.3, 0.4) is 0 Å². The third-order valence-corrected chi connectivity index (χ3v) is 6.15. The number of aromatic nitrogens is 2. The van der Waals surface area contributed by atoms with E-state index in [0.29, 0.717) is 14.8 Å². The minimum Gasteiger partial charge on any atom is -0.319 e. The molecule has 11 heteroatoms. The van der Waals surface area contributed by atoms with Gasteiger partial charge in [0.1, 0.15) is 4.60 Å². The molecule has 0 atom stereocenters. The monoisotopic (exact) mass is 489 g/mol. The molecule has 2 rings (SSSR count). The normalized spacial score (nSPS) is 11.5. The molecule has 0 radical (unpaired) electrons. The van der Waals surface area contributed by atoms with Crippen LogP contribution in [-0.4, -0.2) is 29.8 Å². The fourth-order valence-electron chi connectivity index (χ4n) is 1.50. The van der Waals surface area contributed by atoms with Crippen molar-refractivity contribution < 1.29 is 13.2 Å². The van der Waals surface area contributed by atoms with Crippen LogP contribution in [0.25, 0.3) is 0 Å². The van der Waals surface area contributed by atoms with E-state index in [0.717, 1.165) is 6.26 Å². The minimum atomic E-state index is -3.65. The molecule has 1 N–H and O–H groups in total. The zero-order chi connectivity index (χ0) is 16.7. The Morgan fingerprint density at radius 1 is 1.32 bits per heavy atom. The molecule has 1 aromatic carbocycles. The smallest absolute Gasteiger partial charge is 0.277 e. The van der Waals surface area contributed by atoms with Crippen molar-refractivity contribution in [3.8, 4) is 0 Å². The number of rotatable bonds is 3. The van der Waals surface area contributed by atoms with Crippen molar-refractivity contribution in [3.05, 3.63) is 43.0 Å². The molecule has 1 amide bonds. The molecular formula is C11H7Br2Cl2N3O3S. The second-order valence-corrected chi connectivity index (χ2v) is 8.34. The first-order valence-corrected chi connectivity index (χ1v) is 9.71. The van der Waals surface area contributed by atoms with Gasteiger partial charge in [0.05, 0.1) is 21.4 Å². The topological polar surface area (TPSA) is 81.1 Å². The third kappa shape index (κ3) is 3.65. The Bertz CT molecular complexity index is 868. The van der Waals surface area contributed by atoms with Crippen LogP contribution >= 0.6 is 55.1 Å². The van der Waals surface area contributed by atoms with Crippen molar-refractivity contribution in [1.82, 2.24) is 9.19 Å². The Labute approximate surface area is 153 Å². The van der Waals surface area contributed by atoms with Gasteiger partial charge in [0, 0.05) is 5.02 Å². The number of carbonyl (C=O) groups is 1. The lowest BCUT2D eigenvalue weighted by molar-refractivity contribution is 0.102. The molecule has 0 aliphatic carbocycles. The van der Waals surface area contributed by atoms with Gasteiger partial charge in [-0.3, -0.25) is 4.79 Å². The summed E-state index contributed by atoms with van der Waals surface area (Å²) in [7, 11) is -3.65. The lowest BCUT2D eigenvalue weighted by atomic mass is 10.3. The SMILES string of the molecule is CS(=O)(=O)n1nc(C(=O)Nc2ccc(Cl)cc2Cl)c(Br)c1Br. The number of nitrogens with one attached hydrogen (secondary N) is 1. The van der Waals surface area contributed by atoms with Gasteiger partial charge in [-0.1, -0.05) is 23.2 Å². The summed E-state index contributed by atoms with van der Waals surface area (Å²) in [5.74, 6) is -0.626. The lowest BCUT2D eigenvalue weighted by Crippen LogP contribution is -2.16. The summed E-state index contributed by atoms with van der Waals surface area (Å²) >= 11 is 17.9. The zero-order valence-corrected chi connectivity index (χ0v) is 16.3. The van der Waals surface area contributed by atoms with Crippen molar-refractivity contribution in [2.24, 2.45) is 0 Å². The van der Waals surface area contributed by atoms with E-state index in [1.54, 1.807) is 6.07 Å². The first kappa shape index (κ1) is 17.7. The Morgan fingerprint density at radius 2 is 1.95 bits per heavy atom. The number of anilines is 1. The van der Waals surface area contributed by atoms with Crippen molar-refractivity contribution in [2.45, 2.75) is 0 Å². The van der Waals surface area contributed by atoms with Crippen molar-refractivity contribution in [3.63, 3.8) is 0 Å². The van der Waals surface area contributed by atoms with E-state index in [1.807, 2.05) is 0 Å². The average Bonchev–Trinajstić information content (AvgIpc) is 2.69. The fraction of sp³-hybridized carbons (Fsp3) is 0.0909. The maximum Gasteiger partial charge on any atom is 0.277 e. The van der Waals surface area contributed by atoms with Crippen LogP contribution < -0.4 is 5.32 Å². The zero-order valence-electron chi connectivity index (χ0n) is 10.8. The maximum absolute atomic E-state index is 12.2. The number of carbonyl (C=O) groups excluding carboxylic acids is 1. The van der Waals surface area contributed by atoms with Gasteiger partial charge in [0.2, 0.25) is 0 Å². The molecule has 22 heavy (non-hydrogen) atoms. The van der Waals surface area contributed by atoms with Gasteiger partial charge in [0.25, 0.3) is 15.9 Å². The first-order chi connectivity index (χ1) is 10.1. The Balaban J connectivity index is 2.38. The highest BCUT2D eigenvalue weighted by molar-refractivity contribution is 9.13. The summed E-state index contributed by atoms with van der Waals surface area (Å²) < 4.78 is 24.2. The number of hydrogen-bond donors (Lipinski definition) is 1. The summed E-state index contributed by atoms with van der Waals surface area (Å²) in [6.07, 6.45) is 0.967. The number of benzene rings is 1. The van der Waals surface area contributed by atoms with E-state index in [2.05, 4.69) is 42.3 Å². The summed E-state index contributed by atoms with van der Waals surface area (Å²) in [4.78, 5) is 12.2. The Morgan fingerprint density at radius 3 is 2.45 bits per heavy atom. The fourth-order valence-corrected chi connectivity index (χ4v) is 4.17. The quantitative estimate of drug-likeness (QED) is 0.708. The van der Waals surface area contributed by atoms with Gasteiger partial charge in [-0.15, -0.1) is 4.09 Å². The van der Waals surface area contributed by atoms with Crippen LogP contribution in [0, 0.1) is 0 Å². The number of amides is 1. The molecule has 1 heterocycles. The molecule has 6 nitrogen and oxygen atoms in total. The summed E-state index contributed by atoms with van der Waals surface area (Å²) in [5.41, 5.74) is 0.219. The van der Waals surface area contributed by atoms with Crippen LogP contribution in [0.1, 0.15) is 10.5 Å². The second kappa shape index (κ2) is 6.48. The standard InChI is InChI=1S/C11H7Br2Cl2N3O3S/c1-22(20,21)18-10(13)8(12)9(17-18)11(19)16-7-3-2-5(14)4-6(7)15/h2-4H,1H3,(H,16,19). The molecule has 1 aromatic heterocycles. The molecule has 0 saturated heterocycles. The molecule has 0 spiro atoms. The molecule has 118 valence electrons. The molecule has 0 saturated carbocycles. The van der Waals surface area contributed by atoms with Crippen molar-refractivity contribution in [1.29, 1.82) is 0 Å². The highest BCUT2D eigenvalue weighted by Gasteiger charge is 2.24. The molecular weight excluding hydrogens is 485 g/mol. The van der Waals surface area contributed by atoms with E-state index in [9.17, 15) is 13.2 Å². The van der Waals surface area contributed by atoms with E-state index >= 15 is 0 Å². The highest BCUT2D eigenvalue weighted by Crippen LogP contribution is 2.30. The van der Waals surface area contributed by atoms with E-state index in [1.165, 1.54) is 12.1 Å². The van der Waals surface area contributed by atoms with Gasteiger partial charge in [0.15, 0.2) is 5.69 Å². The maximum atomic E-state index is 12.2. The van der Waals surface area contributed by atoms with Crippen LogP contribution in [0.15, 0.2) is 27.3 Å². The van der Waals surface area contributed by atoms with E-state index in [-0.39, 0.29) is 19.8 Å². The number of hydrogen-bond acceptors (Lipinski definition) is 4. The van der Waals surface area contributed by atoms with Gasteiger partial charge >= 0.3 is 0 Å². The molecule has 0 aliphatic rings. The predicted molar refractivity (Wildman–Crippen MR) is 92.3 cm³/mol. The van der Waals surface area contributed by atoms with Crippen LogP contribution in [0.2, 0.25) is 10.0 Å². The summed E-state index contributed by atoms with van der Waals surface area (Å²) in [6, 6.07) is 4.56. The van der Waals surface area contributed by atoms with Crippen molar-refractivity contribution in [2.75, 3.05) is 11.6 Å². The molecule has 0 fully saturated rings. The average molecular weight is 492 g/mol. The highest BCUT2D eigenvalue weighted by atomic mass is 79.9. The molecule has 0 bridgehead atoms. The van der Waals surface area contributed by atoms with E-state index < -0.39 is 15.9 Å². The predicted octanol–water partition coefficient (Wildman–Crippen LogP) is 3.77. The van der Waals surface area contributed by atoms with Crippen LogP contribution in [-0.2, 0) is 10.0 Å². The third-order valence-electron chi connectivity index (χ3n) is 2.46.